The van der Waals surface area contributed by atoms with E-state index >= 15 is 0 Å². The molecule has 1 aliphatic heterocycles. The number of nitrogen functional groups attached to an aromatic ring is 1. The van der Waals surface area contributed by atoms with Crippen molar-refractivity contribution in [3.05, 3.63) is 10.7 Å². The standard InChI is InChI=1S/C11H18ClN5O/c1-6-9(12)10(15-11(13)14-6)17-4-7(16(2)3)8(18)5-17/h7-8,18H,4-5H2,1-3H3,(H2,13,14,15)/t7-,8-/m0/s1. The number of β-amino-alcohol motifs (C(OH)–C–C–N with tert-alkyl or cyclic N) is 1. The molecule has 0 bridgehead atoms. The first kappa shape index (κ1) is 13.3. The Morgan fingerprint density at radius 1 is 1.39 bits per heavy atom. The summed E-state index contributed by atoms with van der Waals surface area (Å²) < 4.78 is 0. The number of halogens is 1. The Bertz CT molecular complexity index is 453. The largest absolute Gasteiger partial charge is 0.390 e. The van der Waals surface area contributed by atoms with Gasteiger partial charge < -0.3 is 20.6 Å². The van der Waals surface area contributed by atoms with E-state index in [4.69, 9.17) is 17.3 Å². The third-order valence-corrected chi connectivity index (χ3v) is 3.68. The minimum Gasteiger partial charge on any atom is -0.390 e. The molecule has 0 saturated carbocycles. The van der Waals surface area contributed by atoms with Gasteiger partial charge in [-0.05, 0) is 21.0 Å². The van der Waals surface area contributed by atoms with E-state index in [1.165, 1.54) is 0 Å². The van der Waals surface area contributed by atoms with Crippen molar-refractivity contribution < 1.29 is 5.11 Å². The van der Waals surface area contributed by atoms with Crippen LogP contribution in [-0.2, 0) is 0 Å². The van der Waals surface area contributed by atoms with E-state index in [-0.39, 0.29) is 12.0 Å². The van der Waals surface area contributed by atoms with Crippen molar-refractivity contribution >= 4 is 23.4 Å². The summed E-state index contributed by atoms with van der Waals surface area (Å²) in [5, 5.41) is 10.5. The topological polar surface area (TPSA) is 78.5 Å². The molecule has 1 fully saturated rings. The minimum atomic E-state index is -0.424. The number of likely N-dealkylation sites (N-methyl/N-ethyl adjacent to an activating group) is 1. The van der Waals surface area contributed by atoms with E-state index in [0.29, 0.717) is 29.6 Å². The maximum absolute atomic E-state index is 10.0. The number of anilines is 2. The average Bonchev–Trinajstić information content (AvgIpc) is 2.65. The maximum atomic E-state index is 10.0. The molecule has 0 aromatic carbocycles. The van der Waals surface area contributed by atoms with Gasteiger partial charge in [-0.25, -0.2) is 4.98 Å². The number of aliphatic hydroxyl groups is 1. The lowest BCUT2D eigenvalue weighted by atomic mass is 10.2. The molecule has 0 amide bonds. The number of aromatic nitrogens is 2. The number of aliphatic hydroxyl groups excluding tert-OH is 1. The van der Waals surface area contributed by atoms with Crippen LogP contribution in [0.4, 0.5) is 11.8 Å². The van der Waals surface area contributed by atoms with Crippen LogP contribution < -0.4 is 10.6 Å². The zero-order valence-electron chi connectivity index (χ0n) is 10.8. The van der Waals surface area contributed by atoms with Gasteiger partial charge in [0.25, 0.3) is 0 Å². The summed E-state index contributed by atoms with van der Waals surface area (Å²) in [6, 6.07) is 0.0672. The minimum absolute atomic E-state index is 0.0672. The Balaban J connectivity index is 2.29. The molecule has 18 heavy (non-hydrogen) atoms. The Labute approximate surface area is 111 Å². The smallest absolute Gasteiger partial charge is 0.222 e. The molecule has 2 heterocycles. The summed E-state index contributed by atoms with van der Waals surface area (Å²) >= 11 is 6.20. The highest BCUT2D eigenvalue weighted by Crippen LogP contribution is 2.30. The number of rotatable bonds is 2. The highest BCUT2D eigenvalue weighted by Gasteiger charge is 2.34. The zero-order chi connectivity index (χ0) is 13.4. The molecule has 0 aliphatic carbocycles. The van der Waals surface area contributed by atoms with Gasteiger partial charge in [0.1, 0.15) is 5.02 Å². The van der Waals surface area contributed by atoms with Crippen LogP contribution in [0, 0.1) is 6.92 Å². The van der Waals surface area contributed by atoms with Gasteiger partial charge in [-0.1, -0.05) is 11.6 Å². The van der Waals surface area contributed by atoms with Crippen LogP contribution in [0.3, 0.4) is 0 Å². The molecule has 6 nitrogen and oxygen atoms in total. The summed E-state index contributed by atoms with van der Waals surface area (Å²) in [4.78, 5) is 12.1. The van der Waals surface area contributed by atoms with E-state index in [0.717, 1.165) is 0 Å². The van der Waals surface area contributed by atoms with E-state index < -0.39 is 6.10 Å². The van der Waals surface area contributed by atoms with E-state index in [1.54, 1.807) is 6.92 Å². The first-order valence-corrected chi connectivity index (χ1v) is 6.17. The predicted molar refractivity (Wildman–Crippen MR) is 71.9 cm³/mol. The molecular formula is C11H18ClN5O. The maximum Gasteiger partial charge on any atom is 0.222 e. The summed E-state index contributed by atoms with van der Waals surface area (Å²) in [7, 11) is 3.89. The number of hydrogen-bond donors (Lipinski definition) is 2. The van der Waals surface area contributed by atoms with Crippen LogP contribution in [0.25, 0.3) is 0 Å². The second-order valence-corrected chi connectivity index (χ2v) is 5.19. The molecule has 1 aliphatic rings. The molecule has 2 rings (SSSR count). The molecule has 2 atom stereocenters. The third-order valence-electron chi connectivity index (χ3n) is 3.24. The van der Waals surface area contributed by atoms with Crippen molar-refractivity contribution in [2.75, 3.05) is 37.8 Å². The first-order chi connectivity index (χ1) is 8.40. The Morgan fingerprint density at radius 2 is 2.06 bits per heavy atom. The third kappa shape index (κ3) is 2.36. The molecule has 1 aromatic rings. The van der Waals surface area contributed by atoms with Gasteiger partial charge in [-0.3, -0.25) is 0 Å². The van der Waals surface area contributed by atoms with Crippen molar-refractivity contribution in [3.63, 3.8) is 0 Å². The molecule has 100 valence electrons. The van der Waals surface area contributed by atoms with Gasteiger partial charge in [0, 0.05) is 13.1 Å². The molecule has 0 unspecified atom stereocenters. The quantitative estimate of drug-likeness (QED) is 0.796. The van der Waals surface area contributed by atoms with Crippen LogP contribution in [0.2, 0.25) is 5.02 Å². The van der Waals surface area contributed by atoms with Crippen molar-refractivity contribution in [3.8, 4) is 0 Å². The Morgan fingerprint density at radius 3 is 2.61 bits per heavy atom. The van der Waals surface area contributed by atoms with Gasteiger partial charge in [0.05, 0.1) is 17.8 Å². The lowest BCUT2D eigenvalue weighted by molar-refractivity contribution is 0.114. The molecule has 0 spiro atoms. The van der Waals surface area contributed by atoms with Gasteiger partial charge in [0.15, 0.2) is 5.82 Å². The number of aryl methyl sites for hydroxylation is 1. The van der Waals surface area contributed by atoms with Gasteiger partial charge in [-0.2, -0.15) is 4.98 Å². The van der Waals surface area contributed by atoms with Gasteiger partial charge in [-0.15, -0.1) is 0 Å². The van der Waals surface area contributed by atoms with Crippen LogP contribution in [-0.4, -0.2) is 59.3 Å². The fourth-order valence-corrected chi connectivity index (χ4v) is 2.43. The summed E-state index contributed by atoms with van der Waals surface area (Å²) in [6.45, 7) is 2.96. The predicted octanol–water partition coefficient (Wildman–Crippen LogP) is 0.132. The van der Waals surface area contributed by atoms with Gasteiger partial charge in [0.2, 0.25) is 5.95 Å². The number of nitrogens with zero attached hydrogens (tertiary/aromatic N) is 4. The summed E-state index contributed by atoms with van der Waals surface area (Å²) in [5.41, 5.74) is 6.30. The van der Waals surface area contributed by atoms with E-state index in [2.05, 4.69) is 9.97 Å². The normalized spacial score (nSPS) is 24.0. The van der Waals surface area contributed by atoms with Crippen molar-refractivity contribution in [2.24, 2.45) is 0 Å². The number of hydrogen-bond acceptors (Lipinski definition) is 6. The van der Waals surface area contributed by atoms with Crippen LogP contribution >= 0.6 is 11.6 Å². The SMILES string of the molecule is Cc1nc(N)nc(N2C[C@H](O)[C@@H](N(C)C)C2)c1Cl. The van der Waals surface area contributed by atoms with E-state index in [1.807, 2.05) is 23.9 Å². The van der Waals surface area contributed by atoms with Crippen LogP contribution in [0.5, 0.6) is 0 Å². The average molecular weight is 272 g/mol. The molecule has 1 aromatic heterocycles. The molecule has 7 heteroatoms. The Hall–Kier alpha value is -1.11. The fraction of sp³-hybridized carbons (Fsp3) is 0.636. The lowest BCUT2D eigenvalue weighted by Gasteiger charge is -2.22. The highest BCUT2D eigenvalue weighted by atomic mass is 35.5. The van der Waals surface area contributed by atoms with Gasteiger partial charge >= 0.3 is 0 Å². The van der Waals surface area contributed by atoms with E-state index in [9.17, 15) is 5.11 Å². The second kappa shape index (κ2) is 4.87. The zero-order valence-corrected chi connectivity index (χ0v) is 11.5. The van der Waals surface area contributed by atoms with Crippen molar-refractivity contribution in [1.82, 2.24) is 14.9 Å². The van der Waals surface area contributed by atoms with Crippen LogP contribution in [0.15, 0.2) is 0 Å². The van der Waals surface area contributed by atoms with Crippen LogP contribution in [0.1, 0.15) is 5.69 Å². The molecule has 1 saturated heterocycles. The molecular weight excluding hydrogens is 254 g/mol. The summed E-state index contributed by atoms with van der Waals surface area (Å²) in [5.74, 6) is 0.805. The number of nitrogens with two attached hydrogens (primary N) is 1. The highest BCUT2D eigenvalue weighted by molar-refractivity contribution is 6.33. The van der Waals surface area contributed by atoms with Crippen molar-refractivity contribution in [2.45, 2.75) is 19.1 Å². The Kier molecular flexibility index (Phi) is 3.61. The lowest BCUT2D eigenvalue weighted by Crippen LogP contribution is -2.38. The van der Waals surface area contributed by atoms with Crippen molar-refractivity contribution in [1.29, 1.82) is 0 Å². The fourth-order valence-electron chi connectivity index (χ4n) is 2.22. The summed E-state index contributed by atoms with van der Waals surface area (Å²) in [6.07, 6.45) is -0.424. The monoisotopic (exact) mass is 271 g/mol. The second-order valence-electron chi connectivity index (χ2n) is 4.81. The molecule has 3 N–H and O–H groups in total. The first-order valence-electron chi connectivity index (χ1n) is 5.79. The molecule has 0 radical (unpaired) electrons.